The molecular formula is C5H8O2S. The van der Waals surface area contributed by atoms with Crippen molar-refractivity contribution in [2.24, 2.45) is 0 Å². The molecule has 0 aliphatic carbocycles. The van der Waals surface area contributed by atoms with Crippen LogP contribution in [0.4, 0.5) is 0 Å². The van der Waals surface area contributed by atoms with Crippen molar-refractivity contribution in [3.63, 3.8) is 0 Å². The standard InChI is InChI=1S/C5H8O2S/c1-3-5-8(6,7)4-2/h3-5H,2H2,1H3/b5-3+. The predicted octanol–water partition coefficient (Wildman–Crippen LogP) is 1.08. The van der Waals surface area contributed by atoms with Crippen LogP contribution in [-0.4, -0.2) is 8.42 Å². The van der Waals surface area contributed by atoms with E-state index in [9.17, 15) is 8.42 Å². The summed E-state index contributed by atoms with van der Waals surface area (Å²) < 4.78 is 20.8. The monoisotopic (exact) mass is 132 g/mol. The first-order chi connectivity index (χ1) is 3.62. The highest BCUT2D eigenvalue weighted by molar-refractivity contribution is 7.97. The van der Waals surface area contributed by atoms with Crippen LogP contribution in [-0.2, 0) is 9.84 Å². The topological polar surface area (TPSA) is 34.1 Å². The smallest absolute Gasteiger partial charge is 0.192 e. The van der Waals surface area contributed by atoms with Crippen LogP contribution in [0.15, 0.2) is 23.5 Å². The molecule has 0 unspecified atom stereocenters. The summed E-state index contributed by atoms with van der Waals surface area (Å²) in [5.41, 5.74) is 0. The lowest BCUT2D eigenvalue weighted by molar-refractivity contribution is 0.612. The Labute approximate surface area is 49.4 Å². The van der Waals surface area contributed by atoms with Crippen LogP contribution in [0.5, 0.6) is 0 Å². The molecule has 0 radical (unpaired) electrons. The lowest BCUT2D eigenvalue weighted by atomic mass is 10.8. The van der Waals surface area contributed by atoms with Gasteiger partial charge in [0.25, 0.3) is 0 Å². The van der Waals surface area contributed by atoms with Gasteiger partial charge < -0.3 is 0 Å². The molecule has 0 aromatic carbocycles. The maximum Gasteiger partial charge on any atom is 0.192 e. The summed E-state index contributed by atoms with van der Waals surface area (Å²) in [5, 5.41) is 2.01. The van der Waals surface area contributed by atoms with Crippen LogP contribution in [0.25, 0.3) is 0 Å². The van der Waals surface area contributed by atoms with Crippen LogP contribution < -0.4 is 0 Å². The van der Waals surface area contributed by atoms with E-state index in [4.69, 9.17) is 0 Å². The van der Waals surface area contributed by atoms with Gasteiger partial charge in [0, 0.05) is 10.8 Å². The summed E-state index contributed by atoms with van der Waals surface area (Å²) in [6.07, 6.45) is 1.46. The van der Waals surface area contributed by atoms with Gasteiger partial charge in [0.15, 0.2) is 9.84 Å². The highest BCUT2D eigenvalue weighted by Crippen LogP contribution is 1.90. The summed E-state index contributed by atoms with van der Waals surface area (Å²) in [6, 6.07) is 0. The van der Waals surface area contributed by atoms with Crippen LogP contribution in [0.2, 0.25) is 0 Å². The molecule has 0 fully saturated rings. The molecule has 2 nitrogen and oxygen atoms in total. The maximum absolute atomic E-state index is 10.4. The number of hydrogen-bond acceptors (Lipinski definition) is 2. The molecule has 0 N–H and O–H groups in total. The van der Waals surface area contributed by atoms with E-state index in [1.807, 2.05) is 0 Å². The number of allylic oxidation sites excluding steroid dienone is 1. The molecule has 0 spiro atoms. The third-order valence-corrected chi connectivity index (χ3v) is 1.67. The van der Waals surface area contributed by atoms with Gasteiger partial charge in [-0.2, -0.15) is 0 Å². The Morgan fingerprint density at radius 3 is 2.12 bits per heavy atom. The van der Waals surface area contributed by atoms with E-state index in [2.05, 4.69) is 6.58 Å². The Balaban J connectivity index is 4.41. The molecule has 0 heterocycles. The Bertz CT molecular complexity index is 186. The normalized spacial score (nSPS) is 12.1. The molecule has 0 bridgehead atoms. The number of rotatable bonds is 2. The van der Waals surface area contributed by atoms with E-state index < -0.39 is 9.84 Å². The molecule has 0 saturated carbocycles. The van der Waals surface area contributed by atoms with Crippen molar-refractivity contribution in [3.05, 3.63) is 23.5 Å². The molecule has 0 amide bonds. The Morgan fingerprint density at radius 2 is 2.00 bits per heavy atom. The molecule has 3 heteroatoms. The summed E-state index contributed by atoms with van der Waals surface area (Å²) >= 11 is 0. The summed E-state index contributed by atoms with van der Waals surface area (Å²) in [7, 11) is -3.09. The third-order valence-electron chi connectivity index (χ3n) is 0.558. The maximum atomic E-state index is 10.4. The number of hydrogen-bond donors (Lipinski definition) is 0. The van der Waals surface area contributed by atoms with Gasteiger partial charge in [0.05, 0.1) is 0 Å². The molecule has 0 aromatic heterocycles. The van der Waals surface area contributed by atoms with Crippen molar-refractivity contribution in [2.45, 2.75) is 6.92 Å². The van der Waals surface area contributed by atoms with Gasteiger partial charge in [-0.25, -0.2) is 8.42 Å². The Hall–Kier alpha value is -0.570. The van der Waals surface area contributed by atoms with E-state index in [1.165, 1.54) is 6.08 Å². The highest BCUT2D eigenvalue weighted by Gasteiger charge is 1.92. The summed E-state index contributed by atoms with van der Waals surface area (Å²) in [4.78, 5) is 0. The van der Waals surface area contributed by atoms with Crippen molar-refractivity contribution in [3.8, 4) is 0 Å². The second kappa shape index (κ2) is 2.67. The molecule has 0 atom stereocenters. The zero-order chi connectivity index (χ0) is 6.62. The van der Waals surface area contributed by atoms with Gasteiger partial charge in [0.2, 0.25) is 0 Å². The summed E-state index contributed by atoms with van der Waals surface area (Å²) in [6.45, 7) is 4.75. The third kappa shape index (κ3) is 2.58. The Kier molecular flexibility index (Phi) is 2.48. The lowest BCUT2D eigenvalue weighted by Gasteiger charge is -1.80. The fraction of sp³-hybridized carbons (Fsp3) is 0.200. The largest absolute Gasteiger partial charge is 0.220 e. The predicted molar refractivity (Wildman–Crippen MR) is 33.9 cm³/mol. The van der Waals surface area contributed by atoms with E-state index in [0.29, 0.717) is 0 Å². The first-order valence-corrected chi connectivity index (χ1v) is 3.73. The molecule has 0 aliphatic rings. The molecule has 0 saturated heterocycles. The minimum absolute atomic E-state index is 0.910. The van der Waals surface area contributed by atoms with Gasteiger partial charge in [-0.15, -0.1) is 0 Å². The van der Waals surface area contributed by atoms with Crippen LogP contribution in [0, 0.1) is 0 Å². The van der Waals surface area contributed by atoms with E-state index in [0.717, 1.165) is 10.8 Å². The first kappa shape index (κ1) is 7.43. The minimum atomic E-state index is -3.09. The molecule has 46 valence electrons. The second-order valence-electron chi connectivity index (χ2n) is 1.23. The quantitative estimate of drug-likeness (QED) is 0.563. The van der Waals surface area contributed by atoms with Crippen molar-refractivity contribution in [1.29, 1.82) is 0 Å². The van der Waals surface area contributed by atoms with Gasteiger partial charge in [-0.05, 0) is 6.92 Å². The van der Waals surface area contributed by atoms with Crippen molar-refractivity contribution in [1.82, 2.24) is 0 Å². The van der Waals surface area contributed by atoms with E-state index in [1.54, 1.807) is 6.92 Å². The number of sulfone groups is 1. The first-order valence-electron chi connectivity index (χ1n) is 2.12. The molecule has 0 aromatic rings. The van der Waals surface area contributed by atoms with E-state index in [-0.39, 0.29) is 0 Å². The average Bonchev–Trinajstić information content (AvgIpc) is 1.67. The molecule has 0 rings (SSSR count). The van der Waals surface area contributed by atoms with Crippen molar-refractivity contribution in [2.75, 3.05) is 0 Å². The van der Waals surface area contributed by atoms with Crippen LogP contribution in [0.3, 0.4) is 0 Å². The lowest BCUT2D eigenvalue weighted by Crippen LogP contribution is -1.84. The van der Waals surface area contributed by atoms with Crippen molar-refractivity contribution < 1.29 is 8.42 Å². The molecular weight excluding hydrogens is 124 g/mol. The van der Waals surface area contributed by atoms with Gasteiger partial charge >= 0.3 is 0 Å². The highest BCUT2D eigenvalue weighted by atomic mass is 32.2. The zero-order valence-corrected chi connectivity index (χ0v) is 5.48. The van der Waals surface area contributed by atoms with Gasteiger partial charge in [0.1, 0.15) is 0 Å². The fourth-order valence-corrected chi connectivity index (χ4v) is 0.736. The minimum Gasteiger partial charge on any atom is -0.220 e. The molecule has 0 aliphatic heterocycles. The second-order valence-corrected chi connectivity index (χ2v) is 3.01. The van der Waals surface area contributed by atoms with Crippen molar-refractivity contribution >= 4 is 9.84 Å². The van der Waals surface area contributed by atoms with Crippen LogP contribution >= 0.6 is 0 Å². The fourth-order valence-electron chi connectivity index (χ4n) is 0.245. The Morgan fingerprint density at radius 1 is 1.50 bits per heavy atom. The summed E-state index contributed by atoms with van der Waals surface area (Å²) in [5.74, 6) is 0. The van der Waals surface area contributed by atoms with Gasteiger partial charge in [-0.1, -0.05) is 12.7 Å². The SMILES string of the molecule is C=CS(=O)(=O)/C=C/C. The van der Waals surface area contributed by atoms with Crippen LogP contribution in [0.1, 0.15) is 6.92 Å². The van der Waals surface area contributed by atoms with Gasteiger partial charge in [-0.3, -0.25) is 0 Å². The molecule has 8 heavy (non-hydrogen) atoms. The average molecular weight is 132 g/mol. The zero-order valence-electron chi connectivity index (χ0n) is 4.66. The van der Waals surface area contributed by atoms with E-state index >= 15 is 0 Å².